The van der Waals surface area contributed by atoms with E-state index in [2.05, 4.69) is 15.6 Å². The van der Waals surface area contributed by atoms with Gasteiger partial charge in [0.2, 0.25) is 0 Å². The molecule has 0 aliphatic heterocycles. The SMILES string of the molecule is COc1ccccc1C(=O)N/C(=C/c1cn(C)c2ccccc12)C(=O)NCCCn1ccnc1. The summed E-state index contributed by atoms with van der Waals surface area (Å²) in [6, 6.07) is 14.8. The number of carbonyl (C=O) groups excluding carboxylic acids is 2. The van der Waals surface area contributed by atoms with Crippen LogP contribution in [0.25, 0.3) is 17.0 Å². The zero-order valence-electron chi connectivity index (χ0n) is 19.2. The van der Waals surface area contributed by atoms with E-state index in [1.54, 1.807) is 42.9 Å². The van der Waals surface area contributed by atoms with Gasteiger partial charge in [-0.2, -0.15) is 0 Å². The smallest absolute Gasteiger partial charge is 0.267 e. The Balaban J connectivity index is 1.58. The number of methoxy groups -OCH3 is 1. The van der Waals surface area contributed by atoms with Crippen LogP contribution in [-0.4, -0.2) is 39.6 Å². The fourth-order valence-corrected chi connectivity index (χ4v) is 3.80. The fraction of sp³-hybridized carbons (Fsp3) is 0.192. The predicted octanol–water partition coefficient (Wildman–Crippen LogP) is 3.36. The van der Waals surface area contributed by atoms with Crippen molar-refractivity contribution < 1.29 is 14.3 Å². The van der Waals surface area contributed by atoms with Gasteiger partial charge in [0.05, 0.1) is 19.0 Å². The highest BCUT2D eigenvalue weighted by molar-refractivity contribution is 6.07. The maximum Gasteiger partial charge on any atom is 0.267 e. The second kappa shape index (κ2) is 10.5. The average Bonchev–Trinajstić information content (AvgIpc) is 3.49. The Morgan fingerprint density at radius 2 is 1.91 bits per heavy atom. The van der Waals surface area contributed by atoms with Crippen LogP contribution in [0.2, 0.25) is 0 Å². The molecule has 2 aromatic carbocycles. The van der Waals surface area contributed by atoms with E-state index in [1.165, 1.54) is 7.11 Å². The molecule has 0 saturated heterocycles. The Morgan fingerprint density at radius 3 is 2.71 bits per heavy atom. The summed E-state index contributed by atoms with van der Waals surface area (Å²) >= 11 is 0. The quantitative estimate of drug-likeness (QED) is 0.298. The van der Waals surface area contributed by atoms with Gasteiger partial charge in [-0.3, -0.25) is 9.59 Å². The minimum Gasteiger partial charge on any atom is -0.496 e. The van der Waals surface area contributed by atoms with E-state index in [-0.39, 0.29) is 11.6 Å². The van der Waals surface area contributed by atoms with Crippen molar-refractivity contribution >= 4 is 28.8 Å². The van der Waals surface area contributed by atoms with Crippen LogP contribution in [0.15, 0.2) is 79.1 Å². The van der Waals surface area contributed by atoms with Gasteiger partial charge in [-0.25, -0.2) is 4.98 Å². The lowest BCUT2D eigenvalue weighted by Crippen LogP contribution is -2.35. The standard InChI is InChI=1S/C26H27N5O3/c1-30-17-19(20-8-3-5-10-23(20)30)16-22(26(33)28-12-7-14-31-15-13-27-18-31)29-25(32)21-9-4-6-11-24(21)34-2/h3-6,8-11,13,15-18H,7,12,14H2,1-2H3,(H,28,33)(H,29,32)/b22-16+. The zero-order valence-corrected chi connectivity index (χ0v) is 19.2. The highest BCUT2D eigenvalue weighted by atomic mass is 16.5. The van der Waals surface area contributed by atoms with Crippen LogP contribution in [0.4, 0.5) is 0 Å². The maximum atomic E-state index is 13.1. The van der Waals surface area contributed by atoms with Crippen molar-refractivity contribution in [3.05, 3.63) is 90.3 Å². The molecule has 2 heterocycles. The van der Waals surface area contributed by atoms with E-state index in [9.17, 15) is 9.59 Å². The molecule has 0 unspecified atom stereocenters. The summed E-state index contributed by atoms with van der Waals surface area (Å²) in [5.74, 6) is -0.343. The molecule has 0 bridgehead atoms. The normalized spacial score (nSPS) is 11.4. The van der Waals surface area contributed by atoms with Gasteiger partial charge >= 0.3 is 0 Å². The number of rotatable bonds is 9. The summed E-state index contributed by atoms with van der Waals surface area (Å²) in [7, 11) is 3.45. The van der Waals surface area contributed by atoms with Gasteiger partial charge in [0.15, 0.2) is 0 Å². The molecule has 34 heavy (non-hydrogen) atoms. The summed E-state index contributed by atoms with van der Waals surface area (Å²) in [4.78, 5) is 30.2. The second-order valence-electron chi connectivity index (χ2n) is 7.83. The second-order valence-corrected chi connectivity index (χ2v) is 7.83. The summed E-state index contributed by atoms with van der Waals surface area (Å²) < 4.78 is 9.25. The van der Waals surface area contributed by atoms with E-state index in [4.69, 9.17) is 4.74 Å². The number of benzene rings is 2. The van der Waals surface area contributed by atoms with E-state index in [1.807, 2.05) is 52.8 Å². The van der Waals surface area contributed by atoms with Crippen molar-refractivity contribution in [2.24, 2.45) is 7.05 Å². The largest absolute Gasteiger partial charge is 0.496 e. The van der Waals surface area contributed by atoms with Crippen molar-refractivity contribution in [1.29, 1.82) is 0 Å². The first kappa shape index (κ1) is 22.8. The highest BCUT2D eigenvalue weighted by Crippen LogP contribution is 2.23. The molecular formula is C26H27N5O3. The Hall–Kier alpha value is -4.33. The number of ether oxygens (including phenoxy) is 1. The number of para-hydroxylation sites is 2. The highest BCUT2D eigenvalue weighted by Gasteiger charge is 2.18. The molecule has 0 radical (unpaired) electrons. The number of imidazole rings is 1. The lowest BCUT2D eigenvalue weighted by Gasteiger charge is -2.13. The van der Waals surface area contributed by atoms with Crippen LogP contribution >= 0.6 is 0 Å². The molecule has 174 valence electrons. The van der Waals surface area contributed by atoms with Gasteiger partial charge < -0.3 is 24.5 Å². The molecule has 8 nitrogen and oxygen atoms in total. The molecule has 4 aromatic rings. The van der Waals surface area contributed by atoms with Crippen molar-refractivity contribution in [3.8, 4) is 5.75 Å². The first-order chi connectivity index (χ1) is 16.6. The number of fused-ring (bicyclic) bond motifs is 1. The van der Waals surface area contributed by atoms with Crippen LogP contribution in [0, 0.1) is 0 Å². The Labute approximate surface area is 197 Å². The van der Waals surface area contributed by atoms with Crippen LogP contribution in [0.1, 0.15) is 22.3 Å². The van der Waals surface area contributed by atoms with E-state index < -0.39 is 5.91 Å². The number of carbonyl (C=O) groups is 2. The fourth-order valence-electron chi connectivity index (χ4n) is 3.80. The molecule has 4 rings (SSSR count). The molecular weight excluding hydrogens is 430 g/mol. The molecule has 8 heteroatoms. The van der Waals surface area contributed by atoms with E-state index in [0.29, 0.717) is 17.9 Å². The van der Waals surface area contributed by atoms with E-state index in [0.717, 1.165) is 29.4 Å². The van der Waals surface area contributed by atoms with Crippen molar-refractivity contribution in [2.75, 3.05) is 13.7 Å². The van der Waals surface area contributed by atoms with Crippen LogP contribution in [0.3, 0.4) is 0 Å². The lowest BCUT2D eigenvalue weighted by atomic mass is 10.1. The van der Waals surface area contributed by atoms with Gasteiger partial charge in [0, 0.05) is 55.2 Å². The Bertz CT molecular complexity index is 1320. The van der Waals surface area contributed by atoms with Gasteiger partial charge in [0.25, 0.3) is 11.8 Å². The first-order valence-electron chi connectivity index (χ1n) is 11.0. The van der Waals surface area contributed by atoms with Crippen molar-refractivity contribution in [3.63, 3.8) is 0 Å². The monoisotopic (exact) mass is 457 g/mol. The zero-order chi connectivity index (χ0) is 23.9. The van der Waals surface area contributed by atoms with Crippen molar-refractivity contribution in [1.82, 2.24) is 24.8 Å². The third-order valence-corrected chi connectivity index (χ3v) is 5.51. The first-order valence-corrected chi connectivity index (χ1v) is 11.0. The van der Waals surface area contributed by atoms with Gasteiger partial charge in [-0.1, -0.05) is 30.3 Å². The average molecular weight is 458 g/mol. The molecule has 0 atom stereocenters. The molecule has 0 aliphatic carbocycles. The number of hydrogen-bond donors (Lipinski definition) is 2. The van der Waals surface area contributed by atoms with Gasteiger partial charge in [-0.15, -0.1) is 0 Å². The maximum absolute atomic E-state index is 13.1. The van der Waals surface area contributed by atoms with Gasteiger partial charge in [0.1, 0.15) is 11.4 Å². The van der Waals surface area contributed by atoms with Crippen LogP contribution < -0.4 is 15.4 Å². The number of aromatic nitrogens is 3. The summed E-state index contributed by atoms with van der Waals surface area (Å²) in [5.41, 5.74) is 2.38. The molecule has 2 N–H and O–H groups in total. The van der Waals surface area contributed by atoms with Crippen LogP contribution in [-0.2, 0) is 18.4 Å². The molecule has 2 aromatic heterocycles. The number of amides is 2. The summed E-state index contributed by atoms with van der Waals surface area (Å²) in [6.45, 7) is 1.19. The van der Waals surface area contributed by atoms with Gasteiger partial charge in [-0.05, 0) is 30.7 Å². The molecule has 0 saturated carbocycles. The third kappa shape index (κ3) is 5.17. The Morgan fingerprint density at radius 1 is 1.12 bits per heavy atom. The molecule has 0 fully saturated rings. The predicted molar refractivity (Wildman–Crippen MR) is 131 cm³/mol. The topological polar surface area (TPSA) is 90.2 Å². The van der Waals surface area contributed by atoms with Crippen molar-refractivity contribution in [2.45, 2.75) is 13.0 Å². The van der Waals surface area contributed by atoms with E-state index >= 15 is 0 Å². The molecule has 0 aliphatic rings. The minimum atomic E-state index is -0.419. The molecule has 0 spiro atoms. The molecule has 2 amide bonds. The lowest BCUT2D eigenvalue weighted by molar-refractivity contribution is -0.117. The summed E-state index contributed by atoms with van der Waals surface area (Å²) in [6.07, 6.45) is 9.70. The Kier molecular flexibility index (Phi) is 7.07. The van der Waals surface area contributed by atoms with Crippen LogP contribution in [0.5, 0.6) is 5.75 Å². The number of nitrogens with zero attached hydrogens (tertiary/aromatic N) is 3. The minimum absolute atomic E-state index is 0.162. The number of aryl methyl sites for hydroxylation is 2. The number of hydrogen-bond acceptors (Lipinski definition) is 4. The third-order valence-electron chi connectivity index (χ3n) is 5.51. The summed E-state index contributed by atoms with van der Waals surface area (Å²) in [5, 5.41) is 6.69. The number of nitrogens with one attached hydrogen (secondary N) is 2.